The van der Waals surface area contributed by atoms with E-state index in [2.05, 4.69) is 20.2 Å². The Bertz CT molecular complexity index is 419. The third kappa shape index (κ3) is 3.97. The van der Waals surface area contributed by atoms with E-state index in [0.717, 1.165) is 45.0 Å². The quantitative estimate of drug-likeness (QED) is 0.817. The molecule has 0 bridgehead atoms. The van der Waals surface area contributed by atoms with Crippen LogP contribution in [-0.2, 0) is 11.2 Å². The number of carbonyl (C=O) groups excluding carboxylic acids is 1. The molecule has 0 atom stereocenters. The molecule has 0 aromatic carbocycles. The Balaban J connectivity index is 1.80. The monoisotopic (exact) mass is 264 g/mol. The van der Waals surface area contributed by atoms with Crippen LogP contribution in [0, 0.1) is 0 Å². The maximum atomic E-state index is 12.0. The minimum absolute atomic E-state index is 0.0919. The predicted molar refractivity (Wildman–Crippen MR) is 71.0 cm³/mol. The predicted octanol–water partition coefficient (Wildman–Crippen LogP) is 0.101. The van der Waals surface area contributed by atoms with Crippen LogP contribution in [0.15, 0.2) is 12.5 Å². The number of hydrogen-bond donors (Lipinski definition) is 1. The van der Waals surface area contributed by atoms with Crippen molar-refractivity contribution in [2.75, 3.05) is 39.4 Å². The molecule has 0 radical (unpaired) electrons. The van der Waals surface area contributed by atoms with Crippen molar-refractivity contribution in [3.8, 4) is 0 Å². The second-order valence-corrected chi connectivity index (χ2v) is 4.45. The molecule has 6 heteroatoms. The van der Waals surface area contributed by atoms with Gasteiger partial charge in [-0.05, 0) is 6.42 Å². The zero-order valence-corrected chi connectivity index (χ0v) is 11.3. The normalized spacial score (nSPS) is 16.3. The Hall–Kier alpha value is -1.53. The lowest BCUT2D eigenvalue weighted by molar-refractivity contribution is 0.0383. The summed E-state index contributed by atoms with van der Waals surface area (Å²) in [6.07, 6.45) is 3.79. The van der Waals surface area contributed by atoms with Crippen molar-refractivity contribution >= 4 is 5.91 Å². The maximum absolute atomic E-state index is 12.0. The van der Waals surface area contributed by atoms with Crippen molar-refractivity contribution in [1.82, 2.24) is 20.2 Å². The van der Waals surface area contributed by atoms with E-state index >= 15 is 0 Å². The smallest absolute Gasteiger partial charge is 0.254 e. The van der Waals surface area contributed by atoms with E-state index in [4.69, 9.17) is 4.74 Å². The van der Waals surface area contributed by atoms with Gasteiger partial charge < -0.3 is 10.1 Å². The number of nitrogens with one attached hydrogen (secondary N) is 1. The lowest BCUT2D eigenvalue weighted by atomic mass is 10.2. The number of rotatable bonds is 5. The Labute approximate surface area is 113 Å². The summed E-state index contributed by atoms with van der Waals surface area (Å²) in [7, 11) is 0. The fourth-order valence-corrected chi connectivity index (χ4v) is 2.07. The van der Waals surface area contributed by atoms with E-state index in [0.29, 0.717) is 12.1 Å². The van der Waals surface area contributed by atoms with Crippen molar-refractivity contribution in [2.24, 2.45) is 0 Å². The summed E-state index contributed by atoms with van der Waals surface area (Å²) in [6, 6.07) is 0. The first-order valence-electron chi connectivity index (χ1n) is 6.68. The van der Waals surface area contributed by atoms with Gasteiger partial charge in [-0.25, -0.2) is 9.97 Å². The maximum Gasteiger partial charge on any atom is 0.254 e. The molecule has 1 aromatic heterocycles. The van der Waals surface area contributed by atoms with Crippen LogP contribution in [0.2, 0.25) is 0 Å². The van der Waals surface area contributed by atoms with Crippen molar-refractivity contribution in [3.63, 3.8) is 0 Å². The third-order valence-corrected chi connectivity index (χ3v) is 3.19. The van der Waals surface area contributed by atoms with Gasteiger partial charge in [-0.15, -0.1) is 0 Å². The van der Waals surface area contributed by atoms with Crippen molar-refractivity contribution in [3.05, 3.63) is 23.8 Å². The topological polar surface area (TPSA) is 67.4 Å². The van der Waals surface area contributed by atoms with Gasteiger partial charge in [0.05, 0.1) is 24.5 Å². The highest BCUT2D eigenvalue weighted by molar-refractivity contribution is 5.94. The highest BCUT2D eigenvalue weighted by Gasteiger charge is 2.13. The van der Waals surface area contributed by atoms with E-state index < -0.39 is 0 Å². The summed E-state index contributed by atoms with van der Waals surface area (Å²) in [5.41, 5.74) is 1.37. The Kier molecular flexibility index (Phi) is 5.23. The van der Waals surface area contributed by atoms with Crippen LogP contribution in [0.3, 0.4) is 0 Å². The number of ether oxygens (including phenoxy) is 1. The Morgan fingerprint density at radius 1 is 1.47 bits per heavy atom. The number of aromatic nitrogens is 2. The molecule has 1 aliphatic heterocycles. The summed E-state index contributed by atoms with van der Waals surface area (Å²) < 4.78 is 5.28. The lowest BCUT2D eigenvalue weighted by Crippen LogP contribution is -2.41. The average molecular weight is 264 g/mol. The molecule has 1 aromatic rings. The minimum atomic E-state index is -0.0919. The van der Waals surface area contributed by atoms with Gasteiger partial charge in [0.25, 0.3) is 5.91 Å². The fourth-order valence-electron chi connectivity index (χ4n) is 2.07. The molecule has 0 spiro atoms. The van der Waals surface area contributed by atoms with Gasteiger partial charge >= 0.3 is 0 Å². The highest BCUT2D eigenvalue weighted by Crippen LogP contribution is 2.04. The first-order chi connectivity index (χ1) is 9.31. The molecular formula is C13H20N4O2. The number of morpholine rings is 1. The molecule has 104 valence electrons. The number of hydrogen-bond acceptors (Lipinski definition) is 5. The van der Waals surface area contributed by atoms with E-state index in [1.807, 2.05) is 6.92 Å². The summed E-state index contributed by atoms with van der Waals surface area (Å²) >= 11 is 0. The number of aryl methyl sites for hydroxylation is 1. The second-order valence-electron chi connectivity index (χ2n) is 4.45. The van der Waals surface area contributed by atoms with Gasteiger partial charge in [-0.1, -0.05) is 6.92 Å². The van der Waals surface area contributed by atoms with E-state index in [1.54, 1.807) is 6.20 Å². The van der Waals surface area contributed by atoms with Crippen LogP contribution in [-0.4, -0.2) is 60.2 Å². The molecule has 0 aliphatic carbocycles. The van der Waals surface area contributed by atoms with Crippen molar-refractivity contribution in [1.29, 1.82) is 0 Å². The van der Waals surface area contributed by atoms with Crippen LogP contribution in [0.25, 0.3) is 0 Å². The van der Waals surface area contributed by atoms with E-state index in [1.165, 1.54) is 6.33 Å². The molecule has 19 heavy (non-hydrogen) atoms. The molecular weight excluding hydrogens is 244 g/mol. The first kappa shape index (κ1) is 13.9. The molecule has 1 N–H and O–H groups in total. The molecule has 6 nitrogen and oxygen atoms in total. The number of amides is 1. The standard InChI is InChI=1S/C13H20N4O2/c1-2-12-11(9-14-10-16-12)13(18)15-3-4-17-5-7-19-8-6-17/h9-10H,2-8H2,1H3,(H,15,18). The van der Waals surface area contributed by atoms with Gasteiger partial charge in [0.15, 0.2) is 0 Å². The van der Waals surface area contributed by atoms with Crippen LogP contribution in [0.1, 0.15) is 23.0 Å². The van der Waals surface area contributed by atoms with Gasteiger partial charge in [0, 0.05) is 32.4 Å². The highest BCUT2D eigenvalue weighted by atomic mass is 16.5. The van der Waals surface area contributed by atoms with Gasteiger partial charge in [-0.2, -0.15) is 0 Å². The first-order valence-corrected chi connectivity index (χ1v) is 6.68. The molecule has 2 heterocycles. The summed E-state index contributed by atoms with van der Waals surface area (Å²) in [4.78, 5) is 22.3. The SMILES string of the molecule is CCc1ncncc1C(=O)NCCN1CCOCC1. The fraction of sp³-hybridized carbons (Fsp3) is 0.615. The van der Waals surface area contributed by atoms with Crippen molar-refractivity contribution < 1.29 is 9.53 Å². The molecule has 1 amide bonds. The molecule has 0 saturated carbocycles. The van der Waals surface area contributed by atoms with Gasteiger partial charge in [-0.3, -0.25) is 9.69 Å². The molecule has 1 aliphatic rings. The molecule has 1 fully saturated rings. The Morgan fingerprint density at radius 2 is 2.26 bits per heavy atom. The summed E-state index contributed by atoms with van der Waals surface area (Å²) in [6.45, 7) is 6.89. The Morgan fingerprint density at radius 3 is 3.00 bits per heavy atom. The largest absolute Gasteiger partial charge is 0.379 e. The van der Waals surface area contributed by atoms with Gasteiger partial charge in [0.1, 0.15) is 6.33 Å². The molecule has 2 rings (SSSR count). The van der Waals surface area contributed by atoms with E-state index in [-0.39, 0.29) is 5.91 Å². The van der Waals surface area contributed by atoms with Crippen LogP contribution in [0.4, 0.5) is 0 Å². The van der Waals surface area contributed by atoms with Crippen LogP contribution >= 0.6 is 0 Å². The van der Waals surface area contributed by atoms with Crippen molar-refractivity contribution in [2.45, 2.75) is 13.3 Å². The third-order valence-electron chi connectivity index (χ3n) is 3.19. The number of nitrogens with zero attached hydrogens (tertiary/aromatic N) is 3. The second kappa shape index (κ2) is 7.16. The molecule has 0 unspecified atom stereocenters. The van der Waals surface area contributed by atoms with Crippen LogP contribution in [0.5, 0.6) is 0 Å². The zero-order valence-electron chi connectivity index (χ0n) is 11.3. The van der Waals surface area contributed by atoms with E-state index in [9.17, 15) is 4.79 Å². The lowest BCUT2D eigenvalue weighted by Gasteiger charge is -2.26. The summed E-state index contributed by atoms with van der Waals surface area (Å²) in [5, 5.41) is 2.92. The molecule has 1 saturated heterocycles. The summed E-state index contributed by atoms with van der Waals surface area (Å²) in [5.74, 6) is -0.0919. The van der Waals surface area contributed by atoms with Gasteiger partial charge in [0.2, 0.25) is 0 Å². The zero-order chi connectivity index (χ0) is 13.5. The average Bonchev–Trinajstić information content (AvgIpc) is 2.48. The minimum Gasteiger partial charge on any atom is -0.379 e. The number of carbonyl (C=O) groups is 1. The van der Waals surface area contributed by atoms with Crippen LogP contribution < -0.4 is 5.32 Å².